The summed E-state index contributed by atoms with van der Waals surface area (Å²) in [6.07, 6.45) is -0.922. The van der Waals surface area contributed by atoms with Crippen molar-refractivity contribution in [3.05, 3.63) is 50.6 Å². The van der Waals surface area contributed by atoms with Crippen LogP contribution in [0.1, 0.15) is 22.0 Å². The average molecular weight is 362 g/mol. The molecule has 4 N–H and O–H groups in total. The standard InChI is InChI=1S/C13H11Cl3N4O2/c14-7-1-6(2-8(15)3-7)10(21)5-18-13-9(12(17)22)4-11(16)19-20-13/h1-4,10,21H,5H2,(H2,17,22)(H,18,20). The lowest BCUT2D eigenvalue weighted by molar-refractivity contribution is 0.100. The van der Waals surface area contributed by atoms with Crippen molar-refractivity contribution in [3.63, 3.8) is 0 Å². The molecule has 0 radical (unpaired) electrons. The summed E-state index contributed by atoms with van der Waals surface area (Å²) in [5.41, 5.74) is 5.84. The van der Waals surface area contributed by atoms with E-state index in [2.05, 4.69) is 15.5 Å². The summed E-state index contributed by atoms with van der Waals surface area (Å²) < 4.78 is 0. The number of carbonyl (C=O) groups excluding carboxylic acids is 1. The molecule has 1 amide bonds. The zero-order valence-electron chi connectivity index (χ0n) is 11.1. The molecule has 0 spiro atoms. The lowest BCUT2D eigenvalue weighted by atomic mass is 10.1. The number of carbonyl (C=O) groups is 1. The van der Waals surface area contributed by atoms with Gasteiger partial charge in [0.05, 0.1) is 11.7 Å². The lowest BCUT2D eigenvalue weighted by Crippen LogP contribution is -2.19. The van der Waals surface area contributed by atoms with Crippen molar-refractivity contribution < 1.29 is 9.90 Å². The van der Waals surface area contributed by atoms with Crippen LogP contribution in [0.5, 0.6) is 0 Å². The third-order valence-corrected chi connectivity index (χ3v) is 3.38. The monoisotopic (exact) mass is 360 g/mol. The Morgan fingerprint density at radius 3 is 2.41 bits per heavy atom. The molecule has 6 nitrogen and oxygen atoms in total. The van der Waals surface area contributed by atoms with Gasteiger partial charge in [0.2, 0.25) is 0 Å². The zero-order valence-corrected chi connectivity index (χ0v) is 13.3. The van der Waals surface area contributed by atoms with Crippen molar-refractivity contribution in [2.24, 2.45) is 5.73 Å². The number of amides is 1. The number of nitrogens with one attached hydrogen (secondary N) is 1. The van der Waals surface area contributed by atoms with Gasteiger partial charge in [-0.3, -0.25) is 4.79 Å². The molecule has 0 aliphatic rings. The van der Waals surface area contributed by atoms with Crippen LogP contribution < -0.4 is 11.1 Å². The lowest BCUT2D eigenvalue weighted by Gasteiger charge is -2.14. The van der Waals surface area contributed by atoms with Gasteiger partial charge in [-0.15, -0.1) is 10.2 Å². The predicted molar refractivity (Wildman–Crippen MR) is 85.5 cm³/mol. The van der Waals surface area contributed by atoms with E-state index in [4.69, 9.17) is 40.5 Å². The highest BCUT2D eigenvalue weighted by molar-refractivity contribution is 6.34. The molecule has 0 bridgehead atoms. The third-order valence-electron chi connectivity index (χ3n) is 2.76. The Labute approximate surface area is 141 Å². The van der Waals surface area contributed by atoms with Gasteiger partial charge in [0.25, 0.3) is 5.91 Å². The molecular formula is C13H11Cl3N4O2. The topological polar surface area (TPSA) is 101 Å². The molecule has 2 aromatic rings. The smallest absolute Gasteiger partial charge is 0.252 e. The number of aliphatic hydroxyl groups excluding tert-OH is 1. The number of aromatic nitrogens is 2. The number of anilines is 1. The van der Waals surface area contributed by atoms with Crippen LogP contribution in [0.3, 0.4) is 0 Å². The van der Waals surface area contributed by atoms with E-state index in [0.717, 1.165) is 0 Å². The minimum Gasteiger partial charge on any atom is -0.387 e. The summed E-state index contributed by atoms with van der Waals surface area (Å²) in [6, 6.07) is 6.02. The summed E-state index contributed by atoms with van der Waals surface area (Å²) in [5, 5.41) is 21.2. The molecule has 1 unspecified atom stereocenters. The summed E-state index contributed by atoms with van der Waals surface area (Å²) >= 11 is 17.4. The van der Waals surface area contributed by atoms with Gasteiger partial charge in [0.15, 0.2) is 11.0 Å². The molecule has 1 heterocycles. The second kappa shape index (κ2) is 7.11. The number of hydrogen-bond acceptors (Lipinski definition) is 5. The summed E-state index contributed by atoms with van der Waals surface area (Å²) in [7, 11) is 0. The number of nitrogens with two attached hydrogens (primary N) is 1. The average Bonchev–Trinajstić information content (AvgIpc) is 2.44. The van der Waals surface area contributed by atoms with Crippen LogP contribution in [-0.2, 0) is 0 Å². The Balaban J connectivity index is 2.14. The van der Waals surface area contributed by atoms with Crippen LogP contribution in [-0.4, -0.2) is 27.8 Å². The molecule has 0 fully saturated rings. The van der Waals surface area contributed by atoms with Gasteiger partial charge in [-0.05, 0) is 29.8 Å². The van der Waals surface area contributed by atoms with Gasteiger partial charge in [0.1, 0.15) is 0 Å². The van der Waals surface area contributed by atoms with Crippen molar-refractivity contribution in [2.75, 3.05) is 11.9 Å². The predicted octanol–water partition coefficient (Wildman–Crippen LogP) is 2.68. The maximum atomic E-state index is 11.3. The molecule has 0 saturated heterocycles. The second-order valence-corrected chi connectivity index (χ2v) is 5.65. The number of rotatable bonds is 5. The van der Waals surface area contributed by atoms with Gasteiger partial charge in [0, 0.05) is 16.6 Å². The molecule has 1 atom stereocenters. The summed E-state index contributed by atoms with van der Waals surface area (Å²) in [4.78, 5) is 11.3. The molecule has 0 aliphatic carbocycles. The van der Waals surface area contributed by atoms with E-state index in [1.165, 1.54) is 6.07 Å². The number of halogens is 3. The third kappa shape index (κ3) is 4.20. The minimum atomic E-state index is -0.922. The Morgan fingerprint density at radius 1 is 1.18 bits per heavy atom. The van der Waals surface area contributed by atoms with Crippen molar-refractivity contribution in [2.45, 2.75) is 6.10 Å². The maximum Gasteiger partial charge on any atom is 0.252 e. The highest BCUT2D eigenvalue weighted by Crippen LogP contribution is 2.24. The molecule has 1 aromatic carbocycles. The van der Waals surface area contributed by atoms with Gasteiger partial charge < -0.3 is 16.2 Å². The van der Waals surface area contributed by atoms with Crippen LogP contribution in [0.15, 0.2) is 24.3 Å². The van der Waals surface area contributed by atoms with E-state index in [1.807, 2.05) is 0 Å². The number of hydrogen-bond donors (Lipinski definition) is 3. The normalized spacial score (nSPS) is 12.0. The molecule has 116 valence electrons. The fourth-order valence-corrected chi connectivity index (χ4v) is 2.45. The fourth-order valence-electron chi connectivity index (χ4n) is 1.77. The molecular weight excluding hydrogens is 351 g/mol. The van der Waals surface area contributed by atoms with E-state index in [-0.39, 0.29) is 23.1 Å². The maximum absolute atomic E-state index is 11.3. The minimum absolute atomic E-state index is 0.0431. The van der Waals surface area contributed by atoms with Gasteiger partial charge in [-0.2, -0.15) is 0 Å². The molecule has 0 saturated carbocycles. The molecule has 0 aliphatic heterocycles. The number of aliphatic hydroxyl groups is 1. The second-order valence-electron chi connectivity index (χ2n) is 4.39. The van der Waals surface area contributed by atoms with Crippen LogP contribution in [0.4, 0.5) is 5.82 Å². The Bertz CT molecular complexity index is 691. The van der Waals surface area contributed by atoms with E-state index in [1.54, 1.807) is 18.2 Å². The van der Waals surface area contributed by atoms with Crippen molar-refractivity contribution in [3.8, 4) is 0 Å². The summed E-state index contributed by atoms with van der Waals surface area (Å²) in [5.74, 6) is -0.580. The number of primary amides is 1. The van der Waals surface area contributed by atoms with E-state index < -0.39 is 12.0 Å². The van der Waals surface area contributed by atoms with Crippen molar-refractivity contribution in [1.82, 2.24) is 10.2 Å². The first-order valence-corrected chi connectivity index (χ1v) is 7.21. The first-order chi connectivity index (χ1) is 10.4. The van der Waals surface area contributed by atoms with Crippen LogP contribution in [0, 0.1) is 0 Å². The van der Waals surface area contributed by atoms with Crippen LogP contribution >= 0.6 is 34.8 Å². The van der Waals surface area contributed by atoms with E-state index in [0.29, 0.717) is 15.6 Å². The Hall–Kier alpha value is -1.60. The van der Waals surface area contributed by atoms with Crippen LogP contribution in [0.25, 0.3) is 0 Å². The van der Waals surface area contributed by atoms with E-state index in [9.17, 15) is 9.90 Å². The first-order valence-electron chi connectivity index (χ1n) is 6.08. The van der Waals surface area contributed by atoms with Gasteiger partial charge >= 0.3 is 0 Å². The number of benzene rings is 1. The number of nitrogens with zero attached hydrogens (tertiary/aromatic N) is 2. The highest BCUT2D eigenvalue weighted by atomic mass is 35.5. The zero-order chi connectivity index (χ0) is 16.3. The SMILES string of the molecule is NC(=O)c1cc(Cl)nnc1NCC(O)c1cc(Cl)cc(Cl)c1. The first kappa shape index (κ1) is 16.8. The van der Waals surface area contributed by atoms with Crippen molar-refractivity contribution in [1.29, 1.82) is 0 Å². The van der Waals surface area contributed by atoms with E-state index >= 15 is 0 Å². The van der Waals surface area contributed by atoms with Gasteiger partial charge in [-0.1, -0.05) is 34.8 Å². The highest BCUT2D eigenvalue weighted by Gasteiger charge is 2.14. The molecule has 1 aromatic heterocycles. The largest absolute Gasteiger partial charge is 0.387 e. The van der Waals surface area contributed by atoms with Gasteiger partial charge in [-0.25, -0.2) is 0 Å². The quantitative estimate of drug-likeness (QED) is 0.760. The Morgan fingerprint density at radius 2 is 1.82 bits per heavy atom. The Kier molecular flexibility index (Phi) is 5.42. The fraction of sp³-hybridized carbons (Fsp3) is 0.154. The van der Waals surface area contributed by atoms with Crippen molar-refractivity contribution >= 4 is 46.5 Å². The molecule has 9 heteroatoms. The molecule has 2 rings (SSSR count). The van der Waals surface area contributed by atoms with Crippen LogP contribution in [0.2, 0.25) is 15.2 Å². The summed E-state index contributed by atoms with van der Waals surface area (Å²) in [6.45, 7) is 0.0489. The molecule has 22 heavy (non-hydrogen) atoms.